The van der Waals surface area contributed by atoms with Gasteiger partial charge in [0.15, 0.2) is 5.82 Å². The number of rotatable bonds is 2. The fourth-order valence-electron chi connectivity index (χ4n) is 3.38. The molecule has 2 aliphatic rings. The first-order valence-electron chi connectivity index (χ1n) is 8.10. The van der Waals surface area contributed by atoms with Gasteiger partial charge in [-0.2, -0.15) is 5.10 Å². The van der Waals surface area contributed by atoms with Crippen LogP contribution in [-0.4, -0.2) is 44.4 Å². The summed E-state index contributed by atoms with van der Waals surface area (Å²) in [6.45, 7) is 1.82. The molecule has 2 aromatic rings. The van der Waals surface area contributed by atoms with E-state index in [1.54, 1.807) is 21.6 Å². The van der Waals surface area contributed by atoms with Crippen molar-refractivity contribution in [2.45, 2.75) is 31.7 Å². The molecule has 0 aliphatic carbocycles. The van der Waals surface area contributed by atoms with Crippen LogP contribution in [-0.2, 0) is 24.4 Å². The molecule has 0 saturated carbocycles. The Morgan fingerprint density at radius 2 is 2.32 bits per heavy atom. The summed E-state index contributed by atoms with van der Waals surface area (Å²) in [5.41, 5.74) is -0.117. The van der Waals surface area contributed by atoms with Crippen molar-refractivity contribution in [3.63, 3.8) is 0 Å². The summed E-state index contributed by atoms with van der Waals surface area (Å²) in [6.07, 6.45) is 0.650. The van der Waals surface area contributed by atoms with Gasteiger partial charge in [0.2, 0.25) is 0 Å². The molecule has 3 heterocycles. The van der Waals surface area contributed by atoms with Crippen LogP contribution in [0.25, 0.3) is 0 Å². The van der Waals surface area contributed by atoms with Gasteiger partial charge in [-0.15, -0.1) is 0 Å². The number of halogens is 1. The molecule has 132 valence electrons. The molecule has 8 nitrogen and oxygen atoms in total. The number of aromatic amines is 1. The number of likely N-dealkylation sites (tertiary alicyclic amines) is 1. The summed E-state index contributed by atoms with van der Waals surface area (Å²) in [6, 6.07) is 5.89. The molecule has 1 spiro atoms. The van der Waals surface area contributed by atoms with Gasteiger partial charge in [-0.05, 0) is 24.1 Å². The predicted octanol–water partition coefficient (Wildman–Crippen LogP) is 0.595. The average molecular weight is 347 g/mol. The third kappa shape index (κ3) is 3.02. The molecule has 2 N–H and O–H groups in total. The number of ether oxygens (including phenoxy) is 1. The van der Waals surface area contributed by atoms with Crippen molar-refractivity contribution in [2.24, 2.45) is 0 Å². The molecular formula is C16H18FN5O3. The molecule has 1 fully saturated rings. The number of urea groups is 1. The standard InChI is InChI=1S/C16H18FN5O3/c17-12-3-1-2-11(6-12)7-18-14(23)21-5-4-16(9-21)10-22-13(8-25-16)19-20-15(22)24/h1-3,6H,4-5,7-10H2,(H,18,23)(H,20,24). The molecule has 1 aromatic heterocycles. The first-order valence-corrected chi connectivity index (χ1v) is 8.10. The van der Waals surface area contributed by atoms with E-state index in [0.717, 1.165) is 0 Å². The lowest BCUT2D eigenvalue weighted by Gasteiger charge is -2.33. The van der Waals surface area contributed by atoms with Crippen LogP contribution in [0.2, 0.25) is 0 Å². The number of fused-ring (bicyclic) bond motifs is 1. The molecule has 1 atom stereocenters. The molecule has 2 aliphatic heterocycles. The van der Waals surface area contributed by atoms with E-state index in [2.05, 4.69) is 15.5 Å². The third-order valence-corrected chi connectivity index (χ3v) is 4.73. The third-order valence-electron chi connectivity index (χ3n) is 4.73. The van der Waals surface area contributed by atoms with Crippen molar-refractivity contribution in [1.82, 2.24) is 25.0 Å². The molecule has 4 rings (SSSR count). The first-order chi connectivity index (χ1) is 12.0. The van der Waals surface area contributed by atoms with Crippen LogP contribution < -0.4 is 11.0 Å². The van der Waals surface area contributed by atoms with Crippen molar-refractivity contribution in [3.8, 4) is 0 Å². The topological polar surface area (TPSA) is 92.3 Å². The van der Waals surface area contributed by atoms with E-state index in [1.807, 2.05) is 0 Å². The number of carbonyl (C=O) groups is 1. The van der Waals surface area contributed by atoms with Crippen molar-refractivity contribution in [3.05, 3.63) is 52.0 Å². The summed E-state index contributed by atoms with van der Waals surface area (Å²) in [7, 11) is 0. The van der Waals surface area contributed by atoms with E-state index in [9.17, 15) is 14.0 Å². The zero-order valence-corrected chi connectivity index (χ0v) is 13.5. The van der Waals surface area contributed by atoms with Crippen molar-refractivity contribution < 1.29 is 13.9 Å². The maximum atomic E-state index is 13.2. The van der Waals surface area contributed by atoms with Crippen molar-refractivity contribution >= 4 is 6.03 Å². The quantitative estimate of drug-likeness (QED) is 0.832. The lowest BCUT2D eigenvalue weighted by molar-refractivity contribution is -0.0812. The molecule has 2 amide bonds. The Morgan fingerprint density at radius 3 is 3.16 bits per heavy atom. The average Bonchev–Trinajstić information content (AvgIpc) is 3.18. The van der Waals surface area contributed by atoms with Gasteiger partial charge in [-0.25, -0.2) is 19.1 Å². The van der Waals surface area contributed by atoms with Crippen molar-refractivity contribution in [2.75, 3.05) is 13.1 Å². The lowest BCUT2D eigenvalue weighted by Crippen LogP contribution is -2.48. The highest BCUT2D eigenvalue weighted by Crippen LogP contribution is 2.31. The Kier molecular flexibility index (Phi) is 3.79. The largest absolute Gasteiger partial charge is 0.363 e. The number of hydrogen-bond acceptors (Lipinski definition) is 4. The molecule has 1 unspecified atom stereocenters. The Balaban J connectivity index is 1.38. The second-order valence-corrected chi connectivity index (χ2v) is 6.46. The number of hydrogen-bond donors (Lipinski definition) is 2. The summed E-state index contributed by atoms with van der Waals surface area (Å²) in [4.78, 5) is 25.8. The molecule has 0 bridgehead atoms. The predicted molar refractivity (Wildman–Crippen MR) is 85.2 cm³/mol. The second kappa shape index (κ2) is 5.99. The number of nitrogens with zero attached hydrogens (tertiary/aromatic N) is 3. The van der Waals surface area contributed by atoms with E-state index < -0.39 is 5.60 Å². The van der Waals surface area contributed by atoms with Gasteiger partial charge in [-0.3, -0.25) is 4.57 Å². The van der Waals surface area contributed by atoms with Crippen LogP contribution in [0.15, 0.2) is 29.1 Å². The maximum Gasteiger partial charge on any atom is 0.343 e. The molecule has 1 saturated heterocycles. The smallest absolute Gasteiger partial charge is 0.343 e. The van der Waals surface area contributed by atoms with Gasteiger partial charge in [0.25, 0.3) is 0 Å². The number of H-pyrrole nitrogens is 1. The van der Waals surface area contributed by atoms with E-state index in [4.69, 9.17) is 4.74 Å². The number of carbonyl (C=O) groups excluding carboxylic acids is 1. The van der Waals surface area contributed by atoms with Gasteiger partial charge >= 0.3 is 11.7 Å². The fraction of sp³-hybridized carbons (Fsp3) is 0.438. The summed E-state index contributed by atoms with van der Waals surface area (Å²) in [5.74, 6) is 0.244. The van der Waals surface area contributed by atoms with E-state index in [0.29, 0.717) is 37.4 Å². The van der Waals surface area contributed by atoms with E-state index in [1.165, 1.54) is 12.1 Å². The molecule has 25 heavy (non-hydrogen) atoms. The van der Waals surface area contributed by atoms with Gasteiger partial charge in [0.05, 0.1) is 13.1 Å². The monoisotopic (exact) mass is 347 g/mol. The Labute approximate surface area is 142 Å². The fourth-order valence-corrected chi connectivity index (χ4v) is 3.38. The number of aromatic nitrogens is 3. The van der Waals surface area contributed by atoms with Gasteiger partial charge in [-0.1, -0.05) is 12.1 Å². The van der Waals surface area contributed by atoms with Gasteiger partial charge in [0.1, 0.15) is 18.0 Å². The minimum Gasteiger partial charge on any atom is -0.363 e. The Bertz CT molecular complexity index is 863. The van der Waals surface area contributed by atoms with Crippen LogP contribution in [0.3, 0.4) is 0 Å². The minimum absolute atomic E-state index is 0.227. The molecule has 1 aromatic carbocycles. The lowest BCUT2D eigenvalue weighted by atomic mass is 10.0. The summed E-state index contributed by atoms with van der Waals surface area (Å²) < 4.78 is 20.7. The molecular weight excluding hydrogens is 329 g/mol. The summed E-state index contributed by atoms with van der Waals surface area (Å²) in [5, 5.41) is 9.12. The number of benzene rings is 1. The zero-order valence-electron chi connectivity index (χ0n) is 13.5. The van der Waals surface area contributed by atoms with Crippen LogP contribution in [0, 0.1) is 5.82 Å². The normalized spacial score (nSPS) is 22.2. The van der Waals surface area contributed by atoms with E-state index in [-0.39, 0.29) is 30.7 Å². The van der Waals surface area contributed by atoms with Crippen LogP contribution in [0.5, 0.6) is 0 Å². The van der Waals surface area contributed by atoms with Gasteiger partial charge < -0.3 is 15.0 Å². The highest BCUT2D eigenvalue weighted by atomic mass is 19.1. The minimum atomic E-state index is -0.559. The van der Waals surface area contributed by atoms with Crippen LogP contribution in [0.4, 0.5) is 9.18 Å². The second-order valence-electron chi connectivity index (χ2n) is 6.46. The number of nitrogens with one attached hydrogen (secondary N) is 2. The van der Waals surface area contributed by atoms with E-state index >= 15 is 0 Å². The zero-order chi connectivity index (χ0) is 17.4. The molecule has 0 radical (unpaired) electrons. The summed E-state index contributed by atoms with van der Waals surface area (Å²) >= 11 is 0. The highest BCUT2D eigenvalue weighted by molar-refractivity contribution is 5.74. The Morgan fingerprint density at radius 1 is 1.44 bits per heavy atom. The van der Waals surface area contributed by atoms with Crippen LogP contribution >= 0.6 is 0 Å². The Hall–Kier alpha value is -2.68. The SMILES string of the molecule is O=C(NCc1cccc(F)c1)N1CCC2(C1)Cn1c(n[nH]c1=O)CO2. The number of amides is 2. The highest BCUT2D eigenvalue weighted by Gasteiger charge is 2.44. The van der Waals surface area contributed by atoms with Gasteiger partial charge in [0, 0.05) is 13.1 Å². The van der Waals surface area contributed by atoms with Crippen LogP contribution in [0.1, 0.15) is 17.8 Å². The molecule has 9 heteroatoms. The van der Waals surface area contributed by atoms with Crippen molar-refractivity contribution in [1.29, 1.82) is 0 Å². The first kappa shape index (κ1) is 15.8. The maximum absolute atomic E-state index is 13.2.